The van der Waals surface area contributed by atoms with Gasteiger partial charge in [-0.25, -0.2) is 4.79 Å². The standard InChI is InChI=1S/C17H13NO3/c19-15(20)11-6-7-14-12(8-11)17(16(21)18-14)9-13(17)10-4-2-1-3-5-10/h1-8,13H,9H2,(H,18,21)(H,19,20)/t13-,17-/m0/s1. The lowest BCUT2D eigenvalue weighted by Gasteiger charge is -2.09. The van der Waals surface area contributed by atoms with Gasteiger partial charge in [-0.1, -0.05) is 30.3 Å². The number of fused-ring (bicyclic) bond motifs is 2. The van der Waals surface area contributed by atoms with Gasteiger partial charge in [0.2, 0.25) is 5.91 Å². The number of carbonyl (C=O) groups excluding carboxylic acids is 1. The number of carboxylic acids is 1. The first kappa shape index (κ1) is 12.1. The van der Waals surface area contributed by atoms with Crippen LogP contribution in [0.3, 0.4) is 0 Å². The quantitative estimate of drug-likeness (QED) is 0.888. The number of carboxylic acid groups (broad SMARTS) is 1. The lowest BCUT2D eigenvalue weighted by molar-refractivity contribution is -0.118. The molecule has 1 spiro atoms. The minimum absolute atomic E-state index is 0.0195. The van der Waals surface area contributed by atoms with Crippen LogP contribution in [-0.4, -0.2) is 17.0 Å². The van der Waals surface area contributed by atoms with E-state index < -0.39 is 11.4 Å². The van der Waals surface area contributed by atoms with Crippen LogP contribution in [0.1, 0.15) is 33.8 Å². The number of carbonyl (C=O) groups is 2. The molecular weight excluding hydrogens is 266 g/mol. The summed E-state index contributed by atoms with van der Waals surface area (Å²) in [5.74, 6) is -0.859. The summed E-state index contributed by atoms with van der Waals surface area (Å²) in [6.45, 7) is 0. The van der Waals surface area contributed by atoms with Crippen molar-refractivity contribution in [2.75, 3.05) is 5.32 Å². The van der Waals surface area contributed by atoms with Gasteiger partial charge in [0, 0.05) is 11.6 Å². The molecule has 2 aromatic rings. The van der Waals surface area contributed by atoms with Crippen LogP contribution in [0.2, 0.25) is 0 Å². The molecule has 0 saturated heterocycles. The molecule has 1 amide bonds. The van der Waals surface area contributed by atoms with Crippen LogP contribution in [0, 0.1) is 0 Å². The Morgan fingerprint density at radius 1 is 1.19 bits per heavy atom. The van der Waals surface area contributed by atoms with Crippen molar-refractivity contribution in [3.8, 4) is 0 Å². The maximum absolute atomic E-state index is 12.4. The van der Waals surface area contributed by atoms with E-state index in [4.69, 9.17) is 5.11 Å². The molecule has 1 aliphatic heterocycles. The first-order chi connectivity index (χ1) is 10.1. The van der Waals surface area contributed by atoms with Crippen molar-refractivity contribution in [2.24, 2.45) is 0 Å². The van der Waals surface area contributed by atoms with Crippen molar-refractivity contribution in [1.82, 2.24) is 0 Å². The fraction of sp³-hybridized carbons (Fsp3) is 0.176. The fourth-order valence-electron chi connectivity index (χ4n) is 3.41. The van der Waals surface area contributed by atoms with E-state index in [0.717, 1.165) is 23.2 Å². The zero-order valence-electron chi connectivity index (χ0n) is 11.2. The average molecular weight is 279 g/mol. The molecule has 21 heavy (non-hydrogen) atoms. The smallest absolute Gasteiger partial charge is 0.335 e. The van der Waals surface area contributed by atoms with Gasteiger partial charge in [-0.05, 0) is 35.7 Å². The Hall–Kier alpha value is -2.62. The Labute approximate surface area is 121 Å². The third-order valence-electron chi connectivity index (χ3n) is 4.56. The summed E-state index contributed by atoms with van der Waals surface area (Å²) in [6.07, 6.45) is 0.735. The molecule has 2 atom stereocenters. The summed E-state index contributed by atoms with van der Waals surface area (Å²) in [5.41, 5.74) is 2.33. The normalized spacial score (nSPS) is 25.5. The predicted molar refractivity (Wildman–Crippen MR) is 77.5 cm³/mol. The van der Waals surface area contributed by atoms with Gasteiger partial charge in [0.1, 0.15) is 0 Å². The van der Waals surface area contributed by atoms with Gasteiger partial charge in [-0.15, -0.1) is 0 Å². The molecular formula is C17H13NO3. The van der Waals surface area contributed by atoms with Gasteiger partial charge in [0.25, 0.3) is 0 Å². The third kappa shape index (κ3) is 1.56. The molecule has 2 aliphatic rings. The summed E-state index contributed by atoms with van der Waals surface area (Å²) in [7, 11) is 0. The van der Waals surface area contributed by atoms with Crippen LogP contribution in [0.4, 0.5) is 5.69 Å². The molecule has 1 saturated carbocycles. The second-order valence-electron chi connectivity index (χ2n) is 5.66. The third-order valence-corrected chi connectivity index (χ3v) is 4.56. The first-order valence-corrected chi connectivity index (χ1v) is 6.87. The number of hydrogen-bond donors (Lipinski definition) is 2. The molecule has 0 aromatic heterocycles. The summed E-state index contributed by atoms with van der Waals surface area (Å²) in [4.78, 5) is 23.6. The van der Waals surface area contributed by atoms with Crippen molar-refractivity contribution in [1.29, 1.82) is 0 Å². The van der Waals surface area contributed by atoms with E-state index in [2.05, 4.69) is 5.32 Å². The molecule has 1 heterocycles. The minimum Gasteiger partial charge on any atom is -0.478 e. The second-order valence-corrected chi connectivity index (χ2v) is 5.66. The van der Waals surface area contributed by atoms with Gasteiger partial charge in [-0.2, -0.15) is 0 Å². The highest BCUT2D eigenvalue weighted by atomic mass is 16.4. The van der Waals surface area contributed by atoms with Crippen molar-refractivity contribution < 1.29 is 14.7 Å². The monoisotopic (exact) mass is 279 g/mol. The van der Waals surface area contributed by atoms with E-state index in [1.165, 1.54) is 6.07 Å². The summed E-state index contributed by atoms with van der Waals surface area (Å²) >= 11 is 0. The zero-order chi connectivity index (χ0) is 14.6. The molecule has 1 aliphatic carbocycles. The highest BCUT2D eigenvalue weighted by Gasteiger charge is 2.65. The molecule has 2 aromatic carbocycles. The number of rotatable bonds is 2. The fourth-order valence-corrected chi connectivity index (χ4v) is 3.41. The average Bonchev–Trinajstić information content (AvgIpc) is 3.18. The maximum atomic E-state index is 12.4. The van der Waals surface area contributed by atoms with Crippen LogP contribution in [0.5, 0.6) is 0 Å². The van der Waals surface area contributed by atoms with Crippen LogP contribution in [-0.2, 0) is 10.2 Å². The summed E-state index contributed by atoms with van der Waals surface area (Å²) < 4.78 is 0. The molecule has 104 valence electrons. The molecule has 4 heteroatoms. The van der Waals surface area contributed by atoms with E-state index in [9.17, 15) is 9.59 Å². The summed E-state index contributed by atoms with van der Waals surface area (Å²) in [5, 5.41) is 12.0. The van der Waals surface area contributed by atoms with Crippen molar-refractivity contribution >= 4 is 17.6 Å². The molecule has 2 N–H and O–H groups in total. The second kappa shape index (κ2) is 3.95. The van der Waals surface area contributed by atoms with E-state index in [1.54, 1.807) is 12.1 Å². The Kier molecular flexibility index (Phi) is 2.28. The Morgan fingerprint density at radius 3 is 2.67 bits per heavy atom. The molecule has 0 unspecified atom stereocenters. The number of nitrogens with one attached hydrogen (secondary N) is 1. The molecule has 4 rings (SSSR count). The highest BCUT2D eigenvalue weighted by Crippen LogP contribution is 2.64. The van der Waals surface area contributed by atoms with Crippen LogP contribution in [0.15, 0.2) is 48.5 Å². The van der Waals surface area contributed by atoms with Crippen LogP contribution < -0.4 is 5.32 Å². The largest absolute Gasteiger partial charge is 0.478 e. The van der Waals surface area contributed by atoms with Gasteiger partial charge >= 0.3 is 5.97 Å². The minimum atomic E-state index is -0.968. The Morgan fingerprint density at radius 2 is 1.95 bits per heavy atom. The topological polar surface area (TPSA) is 66.4 Å². The lowest BCUT2D eigenvalue weighted by Crippen LogP contribution is -2.21. The SMILES string of the molecule is O=C(O)c1ccc2c(c1)[C@]1(C[C@H]1c1ccccc1)C(=O)N2. The van der Waals surface area contributed by atoms with Crippen molar-refractivity contribution in [2.45, 2.75) is 17.8 Å². The number of amides is 1. The van der Waals surface area contributed by atoms with Crippen LogP contribution >= 0.6 is 0 Å². The zero-order valence-corrected chi connectivity index (χ0v) is 11.2. The molecule has 0 bridgehead atoms. The lowest BCUT2D eigenvalue weighted by atomic mass is 9.91. The Bertz CT molecular complexity index is 769. The van der Waals surface area contributed by atoms with E-state index in [1.807, 2.05) is 30.3 Å². The predicted octanol–water partition coefficient (Wildman–Crippen LogP) is 2.76. The van der Waals surface area contributed by atoms with Crippen molar-refractivity contribution in [3.05, 3.63) is 65.2 Å². The number of benzene rings is 2. The van der Waals surface area contributed by atoms with E-state index in [0.29, 0.717) is 0 Å². The summed E-state index contributed by atoms with van der Waals surface area (Å²) in [6, 6.07) is 14.8. The molecule has 1 fully saturated rings. The first-order valence-electron chi connectivity index (χ1n) is 6.87. The van der Waals surface area contributed by atoms with Gasteiger partial charge < -0.3 is 10.4 Å². The maximum Gasteiger partial charge on any atom is 0.335 e. The van der Waals surface area contributed by atoms with Gasteiger partial charge in [0.15, 0.2) is 0 Å². The number of hydrogen-bond acceptors (Lipinski definition) is 2. The Balaban J connectivity index is 1.81. The van der Waals surface area contributed by atoms with Crippen molar-refractivity contribution in [3.63, 3.8) is 0 Å². The van der Waals surface area contributed by atoms with Crippen LogP contribution in [0.25, 0.3) is 0 Å². The molecule has 0 radical (unpaired) electrons. The highest BCUT2D eigenvalue weighted by molar-refractivity contribution is 6.10. The molecule has 4 nitrogen and oxygen atoms in total. The number of aromatic carboxylic acids is 1. The van der Waals surface area contributed by atoms with E-state index >= 15 is 0 Å². The van der Waals surface area contributed by atoms with Gasteiger partial charge in [-0.3, -0.25) is 4.79 Å². The van der Waals surface area contributed by atoms with Gasteiger partial charge in [0.05, 0.1) is 11.0 Å². The van der Waals surface area contributed by atoms with E-state index in [-0.39, 0.29) is 17.4 Å². The number of anilines is 1.